The smallest absolute Gasteiger partial charge is 0.316 e. The van der Waals surface area contributed by atoms with Gasteiger partial charge in [0.25, 0.3) is 0 Å². The molecule has 3 rings (SSSR count). The van der Waals surface area contributed by atoms with Crippen LogP contribution in [-0.4, -0.2) is 42.3 Å². The van der Waals surface area contributed by atoms with Crippen molar-refractivity contribution in [2.24, 2.45) is 4.99 Å². The third kappa shape index (κ3) is 3.69. The van der Waals surface area contributed by atoms with E-state index in [2.05, 4.69) is 4.99 Å². The van der Waals surface area contributed by atoms with Crippen LogP contribution in [0.5, 0.6) is 0 Å². The Hall–Kier alpha value is -1.55. The molecule has 2 atom stereocenters. The van der Waals surface area contributed by atoms with Gasteiger partial charge >= 0.3 is 6.18 Å². The predicted molar refractivity (Wildman–Crippen MR) is 90.5 cm³/mol. The number of aliphatic imine (C=N–C) groups is 1. The van der Waals surface area contributed by atoms with Gasteiger partial charge in [-0.05, 0) is 18.2 Å². The van der Waals surface area contributed by atoms with Gasteiger partial charge in [0.15, 0.2) is 15.0 Å². The van der Waals surface area contributed by atoms with Gasteiger partial charge in [0.05, 0.1) is 23.1 Å². The summed E-state index contributed by atoms with van der Waals surface area (Å²) in [5.41, 5.74) is -0.643. The van der Waals surface area contributed by atoms with Crippen molar-refractivity contribution in [1.29, 1.82) is 0 Å². The first-order chi connectivity index (χ1) is 11.6. The van der Waals surface area contributed by atoms with E-state index in [1.54, 1.807) is 6.92 Å². The number of hydrogen-bond donors (Lipinski definition) is 0. The molecule has 1 aromatic rings. The van der Waals surface area contributed by atoms with Crippen LogP contribution in [0.4, 0.5) is 18.9 Å². The number of sulfone groups is 1. The number of fused-ring (bicyclic) bond motifs is 1. The number of hydrogen-bond acceptors (Lipinski definition) is 4. The molecule has 136 valence electrons. The summed E-state index contributed by atoms with van der Waals surface area (Å²) in [5, 5.41) is -0.0842. The van der Waals surface area contributed by atoms with E-state index in [-0.39, 0.29) is 34.0 Å². The number of amidine groups is 1. The highest BCUT2D eigenvalue weighted by atomic mass is 32.2. The lowest BCUT2D eigenvalue weighted by atomic mass is 10.1. The summed E-state index contributed by atoms with van der Waals surface area (Å²) in [6, 6.07) is 4.11. The molecule has 0 bridgehead atoms. The van der Waals surface area contributed by atoms with E-state index in [1.165, 1.54) is 17.0 Å². The van der Waals surface area contributed by atoms with E-state index in [4.69, 9.17) is 0 Å². The van der Waals surface area contributed by atoms with Crippen molar-refractivity contribution < 1.29 is 26.4 Å². The second-order valence-electron chi connectivity index (χ2n) is 5.86. The van der Waals surface area contributed by atoms with Crippen molar-refractivity contribution >= 4 is 38.4 Å². The fraction of sp³-hybridized carbons (Fsp3) is 0.467. The number of halogens is 3. The number of anilines is 1. The molecule has 0 unspecified atom stereocenters. The van der Waals surface area contributed by atoms with E-state index in [0.717, 1.165) is 23.9 Å². The molecule has 10 heteroatoms. The lowest BCUT2D eigenvalue weighted by Gasteiger charge is -2.25. The summed E-state index contributed by atoms with van der Waals surface area (Å²) >= 11 is 1.14. The number of nitrogens with zero attached hydrogens (tertiary/aromatic N) is 2. The Balaban J connectivity index is 2.05. The first kappa shape index (κ1) is 18.2. The fourth-order valence-electron chi connectivity index (χ4n) is 2.88. The second-order valence-corrected chi connectivity index (χ2v) is 9.22. The largest absolute Gasteiger partial charge is 0.416 e. The first-order valence-corrected chi connectivity index (χ1v) is 10.3. The zero-order valence-electron chi connectivity index (χ0n) is 13.2. The Morgan fingerprint density at radius 1 is 1.36 bits per heavy atom. The van der Waals surface area contributed by atoms with Crippen molar-refractivity contribution in [2.75, 3.05) is 16.4 Å². The topological polar surface area (TPSA) is 66.8 Å². The van der Waals surface area contributed by atoms with Crippen LogP contribution in [0.3, 0.4) is 0 Å². The molecule has 1 aromatic carbocycles. The summed E-state index contributed by atoms with van der Waals surface area (Å²) in [6.07, 6.45) is -4.35. The highest BCUT2D eigenvalue weighted by Gasteiger charge is 2.49. The van der Waals surface area contributed by atoms with E-state index >= 15 is 0 Å². The average molecular weight is 392 g/mol. The van der Waals surface area contributed by atoms with Gasteiger partial charge in [-0.25, -0.2) is 8.42 Å². The summed E-state index contributed by atoms with van der Waals surface area (Å²) < 4.78 is 62.8. The molecule has 0 radical (unpaired) electrons. The molecular formula is C15H15F3N2O3S2. The van der Waals surface area contributed by atoms with Crippen LogP contribution < -0.4 is 4.90 Å². The Morgan fingerprint density at radius 3 is 2.72 bits per heavy atom. The zero-order valence-corrected chi connectivity index (χ0v) is 14.8. The summed E-state index contributed by atoms with van der Waals surface area (Å²) in [5.74, 6) is -0.639. The molecule has 25 heavy (non-hydrogen) atoms. The molecule has 2 heterocycles. The van der Waals surface area contributed by atoms with Gasteiger partial charge in [0.2, 0.25) is 5.91 Å². The van der Waals surface area contributed by atoms with Crippen LogP contribution in [0.15, 0.2) is 29.3 Å². The Morgan fingerprint density at radius 2 is 2.08 bits per heavy atom. The zero-order chi connectivity index (χ0) is 18.4. The number of benzene rings is 1. The van der Waals surface area contributed by atoms with Crippen molar-refractivity contribution in [3.63, 3.8) is 0 Å². The average Bonchev–Trinajstić information content (AvgIpc) is 2.97. The lowest BCUT2D eigenvalue weighted by Crippen LogP contribution is -2.37. The van der Waals surface area contributed by atoms with Crippen molar-refractivity contribution in [3.8, 4) is 0 Å². The van der Waals surface area contributed by atoms with E-state index < -0.39 is 33.5 Å². The van der Waals surface area contributed by atoms with Gasteiger partial charge in [0, 0.05) is 17.4 Å². The lowest BCUT2D eigenvalue weighted by molar-refractivity contribution is -0.137. The molecule has 0 N–H and O–H groups in total. The first-order valence-electron chi connectivity index (χ1n) is 7.56. The SMILES string of the molecule is CCC(=O)N=C1S[C@H]2CS(=O)(=O)C[C@@H]2N1c1cccc(C(F)(F)F)c1. The van der Waals surface area contributed by atoms with E-state index in [1.807, 2.05) is 0 Å². The monoisotopic (exact) mass is 392 g/mol. The molecule has 5 nitrogen and oxygen atoms in total. The molecule has 2 fully saturated rings. The van der Waals surface area contributed by atoms with Crippen molar-refractivity contribution in [2.45, 2.75) is 30.8 Å². The summed E-state index contributed by atoms with van der Waals surface area (Å²) in [6.45, 7) is 1.63. The normalized spacial score (nSPS) is 26.9. The molecule has 2 saturated heterocycles. The van der Waals surface area contributed by atoms with Gasteiger partial charge in [-0.15, -0.1) is 0 Å². The maximum atomic E-state index is 13.0. The van der Waals surface area contributed by atoms with Gasteiger partial charge in [-0.3, -0.25) is 4.79 Å². The molecule has 0 aliphatic carbocycles. The second kappa shape index (κ2) is 6.31. The molecule has 0 aromatic heterocycles. The number of carbonyl (C=O) groups excluding carboxylic acids is 1. The summed E-state index contributed by atoms with van der Waals surface area (Å²) in [7, 11) is -3.27. The fourth-order valence-corrected chi connectivity index (χ4v) is 6.82. The van der Waals surface area contributed by atoms with Crippen LogP contribution in [-0.2, 0) is 20.8 Å². The van der Waals surface area contributed by atoms with Crippen molar-refractivity contribution in [1.82, 2.24) is 0 Å². The van der Waals surface area contributed by atoms with Gasteiger partial charge in [0.1, 0.15) is 0 Å². The van der Waals surface area contributed by atoms with E-state index in [0.29, 0.717) is 0 Å². The third-order valence-corrected chi connectivity index (χ3v) is 7.25. The number of carbonyl (C=O) groups is 1. The van der Waals surface area contributed by atoms with Crippen LogP contribution in [0.25, 0.3) is 0 Å². The van der Waals surface area contributed by atoms with Gasteiger partial charge in [-0.1, -0.05) is 24.8 Å². The van der Waals surface area contributed by atoms with Gasteiger partial charge < -0.3 is 4.90 Å². The standard InChI is InChI=1S/C15H15F3N2O3S2/c1-2-13(21)19-14-20(11-7-25(22,23)8-12(11)24-14)10-5-3-4-9(6-10)15(16,17)18/h3-6,11-12H,2,7-8H2,1H3/t11-,12-/m0/s1. The maximum Gasteiger partial charge on any atom is 0.416 e. The van der Waals surface area contributed by atoms with Crippen molar-refractivity contribution in [3.05, 3.63) is 29.8 Å². The number of thioether (sulfide) groups is 1. The predicted octanol–water partition coefficient (Wildman–Crippen LogP) is 2.72. The minimum absolute atomic E-state index is 0.0723. The molecule has 1 amide bonds. The van der Waals surface area contributed by atoms with Crippen LogP contribution in [0.2, 0.25) is 0 Å². The summed E-state index contributed by atoms with van der Waals surface area (Å²) in [4.78, 5) is 17.1. The van der Waals surface area contributed by atoms with Gasteiger partial charge in [-0.2, -0.15) is 18.2 Å². The molecule has 2 aliphatic heterocycles. The highest BCUT2D eigenvalue weighted by Crippen LogP contribution is 2.42. The Kier molecular flexibility index (Phi) is 4.61. The minimum Gasteiger partial charge on any atom is -0.316 e. The Bertz CT molecular complexity index is 837. The van der Waals surface area contributed by atoms with Crippen LogP contribution >= 0.6 is 11.8 Å². The molecule has 2 aliphatic rings. The van der Waals surface area contributed by atoms with E-state index in [9.17, 15) is 26.4 Å². The minimum atomic E-state index is -4.51. The van der Waals surface area contributed by atoms with Crippen LogP contribution in [0, 0.1) is 0 Å². The number of rotatable bonds is 2. The highest BCUT2D eigenvalue weighted by molar-refractivity contribution is 8.16. The number of alkyl halides is 3. The van der Waals surface area contributed by atoms with Crippen LogP contribution in [0.1, 0.15) is 18.9 Å². The maximum absolute atomic E-state index is 13.0. The molecule has 0 spiro atoms. The third-order valence-electron chi connectivity index (χ3n) is 4.04. The quantitative estimate of drug-likeness (QED) is 0.774. The number of amides is 1. The molecular weight excluding hydrogens is 377 g/mol. The Labute approximate surface area is 147 Å². The molecule has 0 saturated carbocycles.